The van der Waals surface area contributed by atoms with E-state index in [-0.39, 0.29) is 24.0 Å². The molecule has 7 heteroatoms. The maximum Gasteiger partial charge on any atom is 0.244 e. The predicted octanol–water partition coefficient (Wildman–Crippen LogP) is 1.16. The smallest absolute Gasteiger partial charge is 0.244 e. The summed E-state index contributed by atoms with van der Waals surface area (Å²) in [5.74, 6) is 0.784. The van der Waals surface area contributed by atoms with Crippen molar-refractivity contribution in [1.82, 2.24) is 9.97 Å². The Morgan fingerprint density at radius 2 is 2.15 bits per heavy atom. The van der Waals surface area contributed by atoms with E-state index < -0.39 is 0 Å². The van der Waals surface area contributed by atoms with Crippen molar-refractivity contribution in [1.29, 1.82) is 0 Å². The van der Waals surface area contributed by atoms with Crippen LogP contribution in [0.3, 0.4) is 0 Å². The van der Waals surface area contributed by atoms with Crippen molar-refractivity contribution >= 4 is 5.84 Å². The minimum absolute atomic E-state index is 0.154. The second-order valence-corrected chi connectivity index (χ2v) is 3.84. The van der Waals surface area contributed by atoms with Crippen molar-refractivity contribution < 1.29 is 14.7 Å². The third-order valence-corrected chi connectivity index (χ3v) is 2.52. The second-order valence-electron chi connectivity index (χ2n) is 3.84. The van der Waals surface area contributed by atoms with E-state index in [2.05, 4.69) is 15.1 Å². The lowest BCUT2D eigenvalue weighted by Gasteiger charge is -2.09. The number of nitrogens with zero attached hydrogens (tertiary/aromatic N) is 3. The molecule has 0 saturated carbocycles. The Labute approximate surface area is 115 Å². The molecule has 0 amide bonds. The molecule has 0 saturated heterocycles. The van der Waals surface area contributed by atoms with Gasteiger partial charge in [0, 0.05) is 12.4 Å². The van der Waals surface area contributed by atoms with Crippen LogP contribution in [-0.2, 0) is 6.61 Å². The van der Waals surface area contributed by atoms with Crippen LogP contribution < -0.4 is 15.2 Å². The van der Waals surface area contributed by atoms with Crippen molar-refractivity contribution in [3.8, 4) is 11.6 Å². The normalized spacial score (nSPS) is 11.2. The van der Waals surface area contributed by atoms with Gasteiger partial charge < -0.3 is 20.4 Å². The molecule has 0 aliphatic heterocycles. The van der Waals surface area contributed by atoms with Crippen LogP contribution in [0, 0.1) is 0 Å². The standard InChI is InChI=1S/C13H14N4O3/c1-19-10-4-2-3-9(7-10)8-20-13-11(12(14)17-18)15-5-6-16-13/h2-7,18H,8H2,1H3,(H2,14,17). The van der Waals surface area contributed by atoms with Crippen molar-refractivity contribution in [2.75, 3.05) is 7.11 Å². The highest BCUT2D eigenvalue weighted by atomic mass is 16.5. The number of methoxy groups -OCH3 is 1. The average molecular weight is 274 g/mol. The first-order valence-corrected chi connectivity index (χ1v) is 5.79. The monoisotopic (exact) mass is 274 g/mol. The number of ether oxygens (including phenoxy) is 2. The van der Waals surface area contributed by atoms with Gasteiger partial charge in [-0.1, -0.05) is 17.3 Å². The van der Waals surface area contributed by atoms with Crippen LogP contribution in [0.2, 0.25) is 0 Å². The molecule has 0 bridgehead atoms. The zero-order valence-electron chi connectivity index (χ0n) is 10.9. The number of oxime groups is 1. The molecule has 0 aliphatic carbocycles. The molecule has 3 N–H and O–H groups in total. The first-order chi connectivity index (χ1) is 9.74. The average Bonchev–Trinajstić information content (AvgIpc) is 2.52. The molecule has 1 aromatic heterocycles. The molecule has 104 valence electrons. The Morgan fingerprint density at radius 3 is 2.90 bits per heavy atom. The summed E-state index contributed by atoms with van der Waals surface area (Å²) in [5, 5.41) is 11.6. The van der Waals surface area contributed by atoms with E-state index >= 15 is 0 Å². The molecule has 7 nitrogen and oxygen atoms in total. The van der Waals surface area contributed by atoms with Crippen LogP contribution in [0.5, 0.6) is 11.6 Å². The van der Waals surface area contributed by atoms with E-state index in [9.17, 15) is 0 Å². The quantitative estimate of drug-likeness (QED) is 0.367. The molecule has 0 spiro atoms. The molecule has 0 unspecified atom stereocenters. The number of aromatic nitrogens is 2. The first kappa shape index (κ1) is 13.6. The Morgan fingerprint density at radius 1 is 1.35 bits per heavy atom. The minimum atomic E-state index is -0.154. The maximum atomic E-state index is 8.69. The van der Waals surface area contributed by atoms with Crippen LogP contribution in [0.4, 0.5) is 0 Å². The number of hydrogen-bond acceptors (Lipinski definition) is 6. The molecule has 0 atom stereocenters. The lowest BCUT2D eigenvalue weighted by atomic mass is 10.2. The SMILES string of the molecule is COc1cccc(COc2nccnc2C(N)=NO)c1. The summed E-state index contributed by atoms with van der Waals surface area (Å²) in [6, 6.07) is 7.44. The second kappa shape index (κ2) is 6.37. The Balaban J connectivity index is 2.14. The van der Waals surface area contributed by atoms with Crippen LogP contribution in [0.25, 0.3) is 0 Å². The van der Waals surface area contributed by atoms with Crippen LogP contribution in [0.1, 0.15) is 11.3 Å². The molecule has 0 radical (unpaired) electrons. The summed E-state index contributed by atoms with van der Waals surface area (Å²) in [6.07, 6.45) is 2.90. The zero-order chi connectivity index (χ0) is 14.4. The highest BCUT2D eigenvalue weighted by molar-refractivity contribution is 5.97. The van der Waals surface area contributed by atoms with Crippen LogP contribution >= 0.6 is 0 Å². The largest absolute Gasteiger partial charge is 0.497 e. The summed E-state index contributed by atoms with van der Waals surface area (Å²) in [6.45, 7) is 0.265. The zero-order valence-corrected chi connectivity index (χ0v) is 10.9. The van der Waals surface area contributed by atoms with Crippen LogP contribution in [-0.4, -0.2) is 28.1 Å². The van der Waals surface area contributed by atoms with Crippen molar-refractivity contribution in [3.63, 3.8) is 0 Å². The summed E-state index contributed by atoms with van der Waals surface area (Å²) in [7, 11) is 1.60. The molecular formula is C13H14N4O3. The number of nitrogens with two attached hydrogens (primary N) is 1. The Kier molecular flexibility index (Phi) is 4.33. The predicted molar refractivity (Wildman–Crippen MR) is 71.9 cm³/mol. The summed E-state index contributed by atoms with van der Waals surface area (Å²) >= 11 is 0. The van der Waals surface area contributed by atoms with Gasteiger partial charge in [-0.2, -0.15) is 0 Å². The molecular weight excluding hydrogens is 260 g/mol. The van der Waals surface area contributed by atoms with Gasteiger partial charge in [0.1, 0.15) is 12.4 Å². The van der Waals surface area contributed by atoms with E-state index in [4.69, 9.17) is 20.4 Å². The number of rotatable bonds is 5. The van der Waals surface area contributed by atoms with E-state index in [0.29, 0.717) is 0 Å². The van der Waals surface area contributed by atoms with Crippen molar-refractivity contribution in [3.05, 3.63) is 47.9 Å². The fraction of sp³-hybridized carbons (Fsp3) is 0.154. The molecule has 0 fully saturated rings. The van der Waals surface area contributed by atoms with E-state index in [1.54, 1.807) is 7.11 Å². The number of benzene rings is 1. The topological polar surface area (TPSA) is 103 Å². The van der Waals surface area contributed by atoms with Gasteiger partial charge in [-0.15, -0.1) is 0 Å². The molecule has 1 heterocycles. The van der Waals surface area contributed by atoms with Gasteiger partial charge in [0.2, 0.25) is 5.88 Å². The minimum Gasteiger partial charge on any atom is -0.497 e. The Bertz CT molecular complexity index is 616. The third kappa shape index (κ3) is 3.14. The van der Waals surface area contributed by atoms with E-state index in [1.165, 1.54) is 12.4 Å². The third-order valence-electron chi connectivity index (χ3n) is 2.52. The lowest BCUT2D eigenvalue weighted by molar-refractivity contribution is 0.289. The van der Waals surface area contributed by atoms with Gasteiger partial charge in [-0.25, -0.2) is 9.97 Å². The van der Waals surface area contributed by atoms with Crippen molar-refractivity contribution in [2.45, 2.75) is 6.61 Å². The van der Waals surface area contributed by atoms with Gasteiger partial charge in [0.05, 0.1) is 7.11 Å². The number of amidine groups is 1. The van der Waals surface area contributed by atoms with Gasteiger partial charge in [-0.3, -0.25) is 0 Å². The summed E-state index contributed by atoms with van der Waals surface area (Å²) < 4.78 is 10.7. The van der Waals surface area contributed by atoms with Gasteiger partial charge >= 0.3 is 0 Å². The fourth-order valence-corrected chi connectivity index (χ4v) is 1.57. The van der Waals surface area contributed by atoms with Gasteiger partial charge in [0.25, 0.3) is 0 Å². The highest BCUT2D eigenvalue weighted by Gasteiger charge is 2.11. The lowest BCUT2D eigenvalue weighted by Crippen LogP contribution is -2.17. The molecule has 1 aromatic carbocycles. The fourth-order valence-electron chi connectivity index (χ4n) is 1.57. The summed E-state index contributed by atoms with van der Waals surface area (Å²) in [4.78, 5) is 7.98. The van der Waals surface area contributed by atoms with Crippen molar-refractivity contribution in [2.24, 2.45) is 10.9 Å². The molecule has 2 rings (SSSR count). The molecule has 0 aliphatic rings. The van der Waals surface area contributed by atoms with Gasteiger partial charge in [0.15, 0.2) is 11.5 Å². The van der Waals surface area contributed by atoms with E-state index in [0.717, 1.165) is 11.3 Å². The van der Waals surface area contributed by atoms with E-state index in [1.807, 2.05) is 24.3 Å². The molecule has 2 aromatic rings. The van der Waals surface area contributed by atoms with Gasteiger partial charge in [-0.05, 0) is 17.7 Å². The molecule has 20 heavy (non-hydrogen) atoms. The maximum absolute atomic E-state index is 8.69. The summed E-state index contributed by atoms with van der Waals surface area (Å²) in [5.41, 5.74) is 6.60. The highest BCUT2D eigenvalue weighted by Crippen LogP contribution is 2.16. The Hall–Kier alpha value is -2.83. The van der Waals surface area contributed by atoms with Crippen LogP contribution in [0.15, 0.2) is 41.8 Å². The first-order valence-electron chi connectivity index (χ1n) is 5.79. The number of hydrogen-bond donors (Lipinski definition) is 2.